The molecule has 2 aromatic rings. The number of nitrogens with zero attached hydrogens (tertiary/aromatic N) is 1. The third-order valence-corrected chi connectivity index (χ3v) is 10.6. The molecule has 4 atom stereocenters. The first kappa shape index (κ1) is 29.8. The van der Waals surface area contributed by atoms with Gasteiger partial charge in [0, 0.05) is 28.5 Å². The quantitative estimate of drug-likeness (QED) is 0.330. The lowest BCUT2D eigenvalue weighted by atomic mass is 9.64. The first-order chi connectivity index (χ1) is 18.4. The second kappa shape index (κ2) is 11.8. The lowest BCUT2D eigenvalue weighted by molar-refractivity contribution is -0.162. The van der Waals surface area contributed by atoms with Gasteiger partial charge in [-0.25, -0.2) is 13.1 Å². The van der Waals surface area contributed by atoms with Crippen LogP contribution in [0.4, 0.5) is 0 Å². The number of nitrogens with one attached hydrogen (secondary N) is 1. The van der Waals surface area contributed by atoms with Gasteiger partial charge in [-0.05, 0) is 80.8 Å². The highest BCUT2D eigenvalue weighted by Crippen LogP contribution is 2.55. The highest BCUT2D eigenvalue weighted by Gasteiger charge is 2.55. The number of sulfonamides is 1. The fourth-order valence-electron chi connectivity index (χ4n) is 5.86. The van der Waals surface area contributed by atoms with Crippen molar-refractivity contribution in [2.24, 2.45) is 11.3 Å². The van der Waals surface area contributed by atoms with Gasteiger partial charge in [0.1, 0.15) is 0 Å². The Morgan fingerprint density at radius 1 is 1.10 bits per heavy atom. The maximum atomic E-state index is 14.6. The van der Waals surface area contributed by atoms with E-state index in [1.54, 1.807) is 32.0 Å². The van der Waals surface area contributed by atoms with Crippen molar-refractivity contribution in [3.8, 4) is 0 Å². The van der Waals surface area contributed by atoms with Crippen LogP contribution in [0, 0.1) is 11.3 Å². The monoisotopic (exact) mass is 594 g/mol. The van der Waals surface area contributed by atoms with E-state index in [1.165, 1.54) is 0 Å². The number of carboxylic acids is 1. The number of hydrogen-bond donors (Lipinski definition) is 2. The van der Waals surface area contributed by atoms with Gasteiger partial charge >= 0.3 is 5.97 Å². The molecule has 1 heterocycles. The minimum absolute atomic E-state index is 0.0656. The summed E-state index contributed by atoms with van der Waals surface area (Å²) in [5.41, 5.74) is 0.613. The average molecular weight is 596 g/mol. The first-order valence-electron chi connectivity index (χ1n) is 13.4. The maximum absolute atomic E-state index is 14.6. The predicted octanol–water partition coefficient (Wildman–Crippen LogP) is 6.03. The number of carbonyl (C=O) groups is 2. The van der Waals surface area contributed by atoms with Crippen molar-refractivity contribution in [2.45, 2.75) is 76.1 Å². The van der Waals surface area contributed by atoms with Crippen molar-refractivity contribution in [2.75, 3.05) is 6.54 Å². The van der Waals surface area contributed by atoms with E-state index in [-0.39, 0.29) is 30.7 Å². The molecule has 212 valence electrons. The molecule has 1 amide bonds. The van der Waals surface area contributed by atoms with E-state index in [0.717, 1.165) is 24.0 Å². The van der Waals surface area contributed by atoms with E-state index < -0.39 is 38.7 Å². The second-order valence-corrected chi connectivity index (χ2v) is 14.3. The van der Waals surface area contributed by atoms with Gasteiger partial charge in [0.25, 0.3) is 0 Å². The number of likely N-dealkylation sites (tertiary alicyclic amines) is 1. The summed E-state index contributed by atoms with van der Waals surface area (Å²) in [5.74, 6) is -1.45. The van der Waals surface area contributed by atoms with E-state index in [9.17, 15) is 23.1 Å². The van der Waals surface area contributed by atoms with Crippen LogP contribution in [-0.2, 0) is 19.6 Å². The Bertz CT molecular complexity index is 1310. The molecule has 1 aliphatic heterocycles. The van der Waals surface area contributed by atoms with Gasteiger partial charge in [-0.2, -0.15) is 0 Å². The molecular formula is C29H36Cl2N2O5S. The summed E-state index contributed by atoms with van der Waals surface area (Å²) in [6, 6.07) is 13.9. The van der Waals surface area contributed by atoms with Crippen LogP contribution in [0.1, 0.15) is 76.0 Å². The molecular weight excluding hydrogens is 559 g/mol. The van der Waals surface area contributed by atoms with Crippen LogP contribution in [0.2, 0.25) is 10.0 Å². The Kier molecular flexibility index (Phi) is 9.01. The molecule has 1 saturated heterocycles. The van der Waals surface area contributed by atoms with Crippen LogP contribution < -0.4 is 4.72 Å². The van der Waals surface area contributed by atoms with Crippen LogP contribution in [0.25, 0.3) is 0 Å². The molecule has 2 aromatic carbocycles. The van der Waals surface area contributed by atoms with Crippen LogP contribution in [0.15, 0.2) is 48.5 Å². The highest BCUT2D eigenvalue weighted by atomic mass is 35.5. The third-order valence-electron chi connectivity index (χ3n) is 8.27. The lowest BCUT2D eigenvalue weighted by Crippen LogP contribution is -2.59. The Labute approximate surface area is 240 Å². The molecule has 2 N–H and O–H groups in total. The molecule has 1 aliphatic carbocycles. The van der Waals surface area contributed by atoms with E-state index in [4.69, 9.17) is 23.2 Å². The number of carboxylic acid groups (broad SMARTS) is 1. The number of hydrogen-bond acceptors (Lipinski definition) is 4. The zero-order valence-corrected chi connectivity index (χ0v) is 24.8. The summed E-state index contributed by atoms with van der Waals surface area (Å²) in [6.07, 6.45) is 2.09. The molecule has 0 bridgehead atoms. The molecule has 1 unspecified atom stereocenters. The van der Waals surface area contributed by atoms with Gasteiger partial charge < -0.3 is 10.0 Å². The van der Waals surface area contributed by atoms with Crippen LogP contribution in [-0.4, -0.2) is 48.1 Å². The number of aliphatic carboxylic acids is 1. The summed E-state index contributed by atoms with van der Waals surface area (Å²) in [4.78, 5) is 28.5. The van der Waals surface area contributed by atoms with Gasteiger partial charge in [0.15, 0.2) is 0 Å². The third kappa shape index (κ3) is 6.45. The SMILES string of the molecule is CC[C@]1(CC(=O)O)C[C@H](c2cccc(Cl)c2)C(c2ccc(Cl)cc2)N([C@H](CNS(=O)(=O)C(C)C)C2CC2)C1=O. The minimum atomic E-state index is -3.58. The number of rotatable bonds is 11. The number of carbonyl (C=O) groups excluding carboxylic acids is 1. The van der Waals surface area contributed by atoms with Crippen LogP contribution in [0.5, 0.6) is 0 Å². The Morgan fingerprint density at radius 3 is 2.31 bits per heavy atom. The van der Waals surface area contributed by atoms with Crippen molar-refractivity contribution in [3.63, 3.8) is 0 Å². The van der Waals surface area contributed by atoms with Crippen molar-refractivity contribution in [1.29, 1.82) is 0 Å². The molecule has 4 rings (SSSR count). The largest absolute Gasteiger partial charge is 0.481 e. The van der Waals surface area contributed by atoms with Gasteiger partial charge in [0.2, 0.25) is 15.9 Å². The van der Waals surface area contributed by atoms with E-state index >= 15 is 0 Å². The summed E-state index contributed by atoms with van der Waals surface area (Å²) < 4.78 is 28.3. The molecule has 39 heavy (non-hydrogen) atoms. The fourth-order valence-corrected chi connectivity index (χ4v) is 6.92. The topological polar surface area (TPSA) is 104 Å². The lowest BCUT2D eigenvalue weighted by Gasteiger charge is -2.53. The molecule has 0 spiro atoms. The van der Waals surface area contributed by atoms with Crippen molar-refractivity contribution < 1.29 is 23.1 Å². The second-order valence-electron chi connectivity index (χ2n) is 11.1. The van der Waals surface area contributed by atoms with E-state index in [1.807, 2.05) is 42.2 Å². The molecule has 2 fully saturated rings. The van der Waals surface area contributed by atoms with Crippen molar-refractivity contribution in [3.05, 3.63) is 69.7 Å². The number of benzene rings is 2. The molecule has 7 nitrogen and oxygen atoms in total. The normalized spacial score (nSPS) is 24.7. The van der Waals surface area contributed by atoms with Gasteiger partial charge in [-0.3, -0.25) is 9.59 Å². The predicted molar refractivity (Wildman–Crippen MR) is 153 cm³/mol. The fraction of sp³-hybridized carbons (Fsp3) is 0.517. The van der Waals surface area contributed by atoms with Gasteiger partial charge in [-0.15, -0.1) is 0 Å². The minimum Gasteiger partial charge on any atom is -0.481 e. The Morgan fingerprint density at radius 2 is 1.77 bits per heavy atom. The van der Waals surface area contributed by atoms with E-state index in [0.29, 0.717) is 22.9 Å². The number of amides is 1. The average Bonchev–Trinajstić information content (AvgIpc) is 3.71. The van der Waals surface area contributed by atoms with E-state index in [2.05, 4.69) is 4.72 Å². The summed E-state index contributed by atoms with van der Waals surface area (Å²) in [5, 5.41) is 10.4. The smallest absolute Gasteiger partial charge is 0.304 e. The van der Waals surface area contributed by atoms with Crippen LogP contribution >= 0.6 is 23.2 Å². The zero-order chi connectivity index (χ0) is 28.5. The summed E-state index contributed by atoms with van der Waals surface area (Å²) in [7, 11) is -3.58. The zero-order valence-electron chi connectivity index (χ0n) is 22.4. The summed E-state index contributed by atoms with van der Waals surface area (Å²) in [6.45, 7) is 5.14. The molecule has 0 radical (unpaired) electrons. The maximum Gasteiger partial charge on any atom is 0.304 e. The molecule has 0 aromatic heterocycles. The van der Waals surface area contributed by atoms with Crippen molar-refractivity contribution in [1.82, 2.24) is 9.62 Å². The molecule has 2 aliphatic rings. The van der Waals surface area contributed by atoms with Gasteiger partial charge in [-0.1, -0.05) is 54.4 Å². The number of piperidine rings is 1. The van der Waals surface area contributed by atoms with Crippen LogP contribution in [0.3, 0.4) is 0 Å². The Balaban J connectivity index is 1.91. The molecule has 1 saturated carbocycles. The Hall–Kier alpha value is -2.13. The molecule has 10 heteroatoms. The number of halogens is 2. The first-order valence-corrected chi connectivity index (χ1v) is 15.7. The van der Waals surface area contributed by atoms with Crippen molar-refractivity contribution >= 4 is 45.1 Å². The van der Waals surface area contributed by atoms with Gasteiger partial charge in [0.05, 0.1) is 23.1 Å². The highest BCUT2D eigenvalue weighted by molar-refractivity contribution is 7.90. The summed E-state index contributed by atoms with van der Waals surface area (Å²) >= 11 is 12.6. The standard InChI is InChI=1S/C29H36Cl2N2O5S/c1-4-29(16-26(34)35)15-24(21-6-5-7-23(31)14-21)27(20-10-12-22(30)13-11-20)33(28(29)36)25(19-8-9-19)17-32-39(37,38)18(2)3/h5-7,10-14,18-19,24-25,27,32H,4,8-9,15-17H2,1-3H3,(H,34,35)/t24-,25-,27?,29-/m1/s1.